The van der Waals surface area contributed by atoms with Gasteiger partial charge in [-0.3, -0.25) is 4.79 Å². The first-order chi connectivity index (χ1) is 11.2. The highest BCUT2D eigenvalue weighted by Crippen LogP contribution is 2.25. The number of nitrogens with one attached hydrogen (secondary N) is 1. The number of aromatic hydroxyl groups is 1. The van der Waals surface area contributed by atoms with Crippen molar-refractivity contribution in [1.82, 2.24) is 5.43 Å². The fourth-order valence-corrected chi connectivity index (χ4v) is 2.09. The van der Waals surface area contributed by atoms with E-state index < -0.39 is 22.8 Å². The van der Waals surface area contributed by atoms with Gasteiger partial charge in [-0.25, -0.2) is 10.2 Å². The molecule has 0 aliphatic heterocycles. The summed E-state index contributed by atoms with van der Waals surface area (Å²) in [6.07, 6.45) is 1.43. The van der Waals surface area contributed by atoms with Crippen LogP contribution >= 0.6 is 0 Å². The molecule has 0 fully saturated rings. The second kappa shape index (κ2) is 6.15. The summed E-state index contributed by atoms with van der Waals surface area (Å²) in [5.74, 6) is -1.27. The predicted octanol–water partition coefficient (Wildman–Crippen LogP) is 2.26. The first-order valence-electron chi connectivity index (χ1n) is 6.80. The fourth-order valence-electron chi connectivity index (χ4n) is 2.09. The number of amides is 1. The molecule has 3 aromatic rings. The number of hydrogen-bond acceptors (Lipinski definition) is 5. The lowest BCUT2D eigenvalue weighted by molar-refractivity contribution is 0.0949. The summed E-state index contributed by atoms with van der Waals surface area (Å²) < 4.78 is 5.03. The fraction of sp³-hybridized carbons (Fsp3) is 0. The first-order valence-corrected chi connectivity index (χ1v) is 6.80. The van der Waals surface area contributed by atoms with E-state index in [2.05, 4.69) is 10.5 Å². The van der Waals surface area contributed by atoms with Crippen molar-refractivity contribution >= 4 is 23.1 Å². The van der Waals surface area contributed by atoms with Crippen LogP contribution in [0.1, 0.15) is 15.9 Å². The number of rotatable bonds is 3. The lowest BCUT2D eigenvalue weighted by atomic mass is 10.1. The van der Waals surface area contributed by atoms with E-state index in [0.29, 0.717) is 0 Å². The topological polar surface area (TPSA) is 91.9 Å². The highest BCUT2D eigenvalue weighted by atomic mass is 16.4. The van der Waals surface area contributed by atoms with Crippen molar-refractivity contribution in [2.75, 3.05) is 0 Å². The summed E-state index contributed by atoms with van der Waals surface area (Å²) in [7, 11) is 0. The molecule has 0 bridgehead atoms. The minimum atomic E-state index is -0.923. The predicted molar refractivity (Wildman–Crippen MR) is 85.7 cm³/mol. The third-order valence-electron chi connectivity index (χ3n) is 3.19. The number of para-hydroxylation sites is 1. The summed E-state index contributed by atoms with van der Waals surface area (Å²) in [6.45, 7) is 0. The van der Waals surface area contributed by atoms with Crippen LogP contribution in [0.25, 0.3) is 11.0 Å². The standard InChI is InChI=1S/C17H12N2O4/c20-15-12-8-4-5-9-13(12)23-17(22)14(15)16(21)19-18-10-11-6-2-1-3-7-11/h1-10,20H,(H,19,21)/b18-10+. The van der Waals surface area contributed by atoms with Gasteiger partial charge in [0, 0.05) is 0 Å². The smallest absolute Gasteiger partial charge is 0.353 e. The molecule has 3 rings (SSSR count). The van der Waals surface area contributed by atoms with Crippen molar-refractivity contribution in [3.05, 3.63) is 76.1 Å². The minimum Gasteiger partial charge on any atom is -0.506 e. The van der Waals surface area contributed by atoms with Gasteiger partial charge in [-0.05, 0) is 17.7 Å². The highest BCUT2D eigenvalue weighted by molar-refractivity contribution is 6.01. The molecule has 23 heavy (non-hydrogen) atoms. The number of benzene rings is 2. The maximum absolute atomic E-state index is 12.1. The molecule has 2 aromatic carbocycles. The van der Waals surface area contributed by atoms with Gasteiger partial charge in [0.2, 0.25) is 0 Å². The molecule has 0 saturated carbocycles. The third-order valence-corrected chi connectivity index (χ3v) is 3.19. The van der Waals surface area contributed by atoms with Gasteiger partial charge in [0.1, 0.15) is 11.3 Å². The first kappa shape index (κ1) is 14.5. The Morgan fingerprint density at radius 3 is 2.57 bits per heavy atom. The molecule has 0 aliphatic rings. The van der Waals surface area contributed by atoms with Gasteiger partial charge in [-0.1, -0.05) is 42.5 Å². The van der Waals surface area contributed by atoms with E-state index in [0.717, 1.165) is 5.56 Å². The van der Waals surface area contributed by atoms with Crippen LogP contribution in [0.4, 0.5) is 0 Å². The zero-order valence-electron chi connectivity index (χ0n) is 11.9. The average Bonchev–Trinajstić information content (AvgIpc) is 2.56. The second-order valence-electron chi connectivity index (χ2n) is 4.72. The van der Waals surface area contributed by atoms with Gasteiger partial charge in [0.15, 0.2) is 5.56 Å². The quantitative estimate of drug-likeness (QED) is 0.441. The largest absolute Gasteiger partial charge is 0.506 e. The van der Waals surface area contributed by atoms with Crippen LogP contribution in [0.2, 0.25) is 0 Å². The van der Waals surface area contributed by atoms with Crippen LogP contribution in [-0.4, -0.2) is 17.2 Å². The number of carbonyl (C=O) groups is 1. The van der Waals surface area contributed by atoms with Crippen molar-refractivity contribution in [3.63, 3.8) is 0 Å². The molecule has 1 heterocycles. The molecule has 0 saturated heterocycles. The molecule has 0 unspecified atom stereocenters. The maximum atomic E-state index is 12.1. The van der Waals surface area contributed by atoms with E-state index >= 15 is 0 Å². The minimum absolute atomic E-state index is 0.208. The Hall–Kier alpha value is -3.41. The Kier molecular flexibility index (Phi) is 3.88. The van der Waals surface area contributed by atoms with E-state index in [1.54, 1.807) is 30.3 Å². The molecule has 0 spiro atoms. The molecule has 1 aromatic heterocycles. The summed E-state index contributed by atoms with van der Waals surface area (Å²) in [5.41, 5.74) is 1.79. The Morgan fingerprint density at radius 1 is 1.09 bits per heavy atom. The number of nitrogens with zero attached hydrogens (tertiary/aromatic N) is 1. The zero-order chi connectivity index (χ0) is 16.2. The molecule has 1 amide bonds. The van der Waals surface area contributed by atoms with E-state index in [1.165, 1.54) is 12.3 Å². The molecule has 0 aliphatic carbocycles. The van der Waals surface area contributed by atoms with Crippen LogP contribution in [0.5, 0.6) is 5.75 Å². The highest BCUT2D eigenvalue weighted by Gasteiger charge is 2.20. The second-order valence-corrected chi connectivity index (χ2v) is 4.72. The molecule has 0 atom stereocenters. The lowest BCUT2D eigenvalue weighted by Gasteiger charge is -2.04. The van der Waals surface area contributed by atoms with E-state index in [1.807, 2.05) is 18.2 Å². The molecule has 114 valence electrons. The Morgan fingerprint density at radius 2 is 1.78 bits per heavy atom. The molecule has 0 radical (unpaired) electrons. The van der Waals surface area contributed by atoms with E-state index in [4.69, 9.17) is 4.42 Å². The van der Waals surface area contributed by atoms with E-state index in [-0.39, 0.29) is 11.0 Å². The third kappa shape index (κ3) is 2.96. The molecular formula is C17H12N2O4. The summed E-state index contributed by atoms with van der Waals surface area (Å²) in [5, 5.41) is 14.2. The number of fused-ring (bicyclic) bond motifs is 1. The van der Waals surface area contributed by atoms with Crippen molar-refractivity contribution in [2.45, 2.75) is 0 Å². The van der Waals surface area contributed by atoms with Gasteiger partial charge in [-0.15, -0.1) is 0 Å². The summed E-state index contributed by atoms with van der Waals surface area (Å²) in [6, 6.07) is 15.5. The average molecular weight is 308 g/mol. The van der Waals surface area contributed by atoms with Crippen molar-refractivity contribution < 1.29 is 14.3 Å². The zero-order valence-corrected chi connectivity index (χ0v) is 11.9. The van der Waals surface area contributed by atoms with Crippen LogP contribution in [0.3, 0.4) is 0 Å². The van der Waals surface area contributed by atoms with Crippen LogP contribution in [0.15, 0.2) is 68.9 Å². The van der Waals surface area contributed by atoms with Gasteiger partial charge in [0.05, 0.1) is 11.6 Å². The monoisotopic (exact) mass is 308 g/mol. The van der Waals surface area contributed by atoms with Crippen molar-refractivity contribution in [1.29, 1.82) is 0 Å². The van der Waals surface area contributed by atoms with Gasteiger partial charge >= 0.3 is 5.63 Å². The summed E-state index contributed by atoms with van der Waals surface area (Å²) in [4.78, 5) is 24.0. The Bertz CT molecular complexity index is 946. The molecular weight excluding hydrogens is 296 g/mol. The molecule has 2 N–H and O–H groups in total. The van der Waals surface area contributed by atoms with Crippen LogP contribution < -0.4 is 11.1 Å². The van der Waals surface area contributed by atoms with Gasteiger partial charge in [0.25, 0.3) is 5.91 Å². The number of hydrazone groups is 1. The summed E-state index contributed by atoms with van der Waals surface area (Å²) >= 11 is 0. The number of hydrogen-bond donors (Lipinski definition) is 2. The molecule has 6 heteroatoms. The normalized spacial score (nSPS) is 11.0. The lowest BCUT2D eigenvalue weighted by Crippen LogP contribution is -2.24. The molecule has 6 nitrogen and oxygen atoms in total. The van der Waals surface area contributed by atoms with Gasteiger partial charge in [-0.2, -0.15) is 5.10 Å². The van der Waals surface area contributed by atoms with Gasteiger partial charge < -0.3 is 9.52 Å². The maximum Gasteiger partial charge on any atom is 0.353 e. The Labute approximate surface area is 130 Å². The Balaban J connectivity index is 1.89. The van der Waals surface area contributed by atoms with Crippen LogP contribution in [0, 0.1) is 0 Å². The SMILES string of the molecule is O=C(N/N=C/c1ccccc1)c1c(O)c2ccccc2oc1=O. The van der Waals surface area contributed by atoms with E-state index in [9.17, 15) is 14.7 Å². The van der Waals surface area contributed by atoms with Crippen molar-refractivity contribution in [2.24, 2.45) is 5.10 Å². The van der Waals surface area contributed by atoms with Crippen molar-refractivity contribution in [3.8, 4) is 5.75 Å². The van der Waals surface area contributed by atoms with Crippen LogP contribution in [-0.2, 0) is 0 Å². The number of carbonyl (C=O) groups excluding carboxylic acids is 1.